The third kappa shape index (κ3) is 2.86. The molecular weight excluding hydrogens is 307 g/mol. The largest absolute Gasteiger partial charge is 0.314 e. The zero-order chi connectivity index (χ0) is 13.2. The van der Waals surface area contributed by atoms with Gasteiger partial charge in [-0.15, -0.1) is 0 Å². The minimum atomic E-state index is -0.0568. The Morgan fingerprint density at radius 1 is 1.26 bits per heavy atom. The Bertz CT molecular complexity index is 442. The fourth-order valence-corrected chi connectivity index (χ4v) is 3.58. The van der Waals surface area contributed by atoms with E-state index < -0.39 is 0 Å². The lowest BCUT2D eigenvalue weighted by Crippen LogP contribution is -2.48. The van der Waals surface area contributed by atoms with Crippen LogP contribution in [0.3, 0.4) is 0 Å². The standard InChI is InChI=1S/C15H20BrFN2/c16-12-4-5-14(17)13(10-12)15(11-2-1-3-11)19-8-6-18-7-9-19/h4-5,10-11,15,18H,1-3,6-9H2/t15-/m0/s1. The van der Waals surface area contributed by atoms with Gasteiger partial charge in [0.05, 0.1) is 0 Å². The topological polar surface area (TPSA) is 15.3 Å². The molecule has 0 amide bonds. The lowest BCUT2D eigenvalue weighted by atomic mass is 9.76. The molecule has 0 bridgehead atoms. The molecule has 104 valence electrons. The molecule has 1 saturated heterocycles. The number of piperazine rings is 1. The second-order valence-corrected chi connectivity index (χ2v) is 6.50. The fraction of sp³-hybridized carbons (Fsp3) is 0.600. The van der Waals surface area contributed by atoms with Crippen LogP contribution in [0.15, 0.2) is 22.7 Å². The molecule has 2 aliphatic rings. The van der Waals surface area contributed by atoms with Crippen LogP contribution in [0.4, 0.5) is 4.39 Å². The van der Waals surface area contributed by atoms with Crippen molar-refractivity contribution in [3.63, 3.8) is 0 Å². The quantitative estimate of drug-likeness (QED) is 0.916. The molecule has 1 saturated carbocycles. The highest BCUT2D eigenvalue weighted by Crippen LogP contribution is 2.42. The molecule has 3 rings (SSSR count). The lowest BCUT2D eigenvalue weighted by molar-refractivity contribution is 0.0811. The molecule has 2 nitrogen and oxygen atoms in total. The maximum atomic E-state index is 14.2. The molecule has 4 heteroatoms. The Hall–Kier alpha value is -0.450. The molecule has 0 radical (unpaired) electrons. The second-order valence-electron chi connectivity index (χ2n) is 5.59. The summed E-state index contributed by atoms with van der Waals surface area (Å²) in [5.74, 6) is 0.570. The van der Waals surface area contributed by atoms with Crippen molar-refractivity contribution in [2.75, 3.05) is 26.2 Å². The Labute approximate surface area is 122 Å². The molecule has 1 aliphatic carbocycles. The molecule has 19 heavy (non-hydrogen) atoms. The summed E-state index contributed by atoms with van der Waals surface area (Å²) < 4.78 is 15.2. The normalized spacial score (nSPS) is 23.1. The molecule has 1 aliphatic heterocycles. The highest BCUT2D eigenvalue weighted by molar-refractivity contribution is 9.10. The van der Waals surface area contributed by atoms with Gasteiger partial charge in [-0.25, -0.2) is 4.39 Å². The number of rotatable bonds is 3. The van der Waals surface area contributed by atoms with Crippen LogP contribution in [0.2, 0.25) is 0 Å². The van der Waals surface area contributed by atoms with Gasteiger partial charge in [0.15, 0.2) is 0 Å². The van der Waals surface area contributed by atoms with Crippen molar-refractivity contribution in [2.45, 2.75) is 25.3 Å². The van der Waals surface area contributed by atoms with E-state index in [1.54, 1.807) is 12.1 Å². The van der Waals surface area contributed by atoms with Crippen molar-refractivity contribution in [3.8, 4) is 0 Å². The van der Waals surface area contributed by atoms with Gasteiger partial charge in [0.1, 0.15) is 5.82 Å². The SMILES string of the molecule is Fc1ccc(Br)cc1[C@H](C1CCC1)N1CCNCC1. The van der Waals surface area contributed by atoms with Crippen LogP contribution < -0.4 is 5.32 Å². The third-order valence-corrected chi connectivity index (χ3v) is 4.91. The number of hydrogen-bond donors (Lipinski definition) is 1. The van der Waals surface area contributed by atoms with E-state index in [-0.39, 0.29) is 11.9 Å². The van der Waals surface area contributed by atoms with Crippen LogP contribution in [0.25, 0.3) is 0 Å². The lowest BCUT2D eigenvalue weighted by Gasteiger charge is -2.43. The van der Waals surface area contributed by atoms with Crippen LogP contribution in [0.1, 0.15) is 30.9 Å². The molecule has 1 atom stereocenters. The van der Waals surface area contributed by atoms with Crippen molar-refractivity contribution >= 4 is 15.9 Å². The smallest absolute Gasteiger partial charge is 0.128 e. The van der Waals surface area contributed by atoms with Gasteiger partial charge < -0.3 is 5.32 Å². The predicted molar refractivity (Wildman–Crippen MR) is 78.6 cm³/mol. The Kier molecular flexibility index (Phi) is 4.20. The summed E-state index contributed by atoms with van der Waals surface area (Å²) in [7, 11) is 0. The molecule has 1 heterocycles. The fourth-order valence-electron chi connectivity index (χ4n) is 3.21. The summed E-state index contributed by atoms with van der Waals surface area (Å²) in [4.78, 5) is 2.46. The van der Waals surface area contributed by atoms with E-state index in [0.29, 0.717) is 5.92 Å². The molecule has 0 spiro atoms. The number of benzene rings is 1. The van der Waals surface area contributed by atoms with Crippen LogP contribution >= 0.6 is 15.9 Å². The first kappa shape index (κ1) is 13.5. The molecule has 1 aromatic carbocycles. The molecule has 0 unspecified atom stereocenters. The summed E-state index contributed by atoms with van der Waals surface area (Å²) in [5.41, 5.74) is 0.876. The van der Waals surface area contributed by atoms with E-state index >= 15 is 0 Å². The number of halogens is 2. The van der Waals surface area contributed by atoms with Gasteiger partial charge in [0.25, 0.3) is 0 Å². The minimum Gasteiger partial charge on any atom is -0.314 e. The summed E-state index contributed by atoms with van der Waals surface area (Å²) >= 11 is 3.48. The molecule has 2 fully saturated rings. The van der Waals surface area contributed by atoms with Gasteiger partial charge >= 0.3 is 0 Å². The zero-order valence-electron chi connectivity index (χ0n) is 11.0. The van der Waals surface area contributed by atoms with E-state index in [1.165, 1.54) is 19.3 Å². The summed E-state index contributed by atoms with van der Waals surface area (Å²) in [6, 6.07) is 5.61. The second kappa shape index (κ2) is 5.90. The Balaban J connectivity index is 1.90. The van der Waals surface area contributed by atoms with Gasteiger partial charge in [-0.3, -0.25) is 4.90 Å². The number of hydrogen-bond acceptors (Lipinski definition) is 2. The van der Waals surface area contributed by atoms with Crippen molar-refractivity contribution < 1.29 is 4.39 Å². The number of nitrogens with one attached hydrogen (secondary N) is 1. The summed E-state index contributed by atoms with van der Waals surface area (Å²) in [6.45, 7) is 4.07. The molecule has 0 aromatic heterocycles. The minimum absolute atomic E-state index is 0.0568. The highest BCUT2D eigenvalue weighted by Gasteiger charge is 2.35. The average Bonchev–Trinajstić information content (AvgIpc) is 2.38. The predicted octanol–water partition coefficient (Wildman–Crippen LogP) is 3.33. The Morgan fingerprint density at radius 3 is 2.63 bits per heavy atom. The van der Waals surface area contributed by atoms with E-state index in [9.17, 15) is 4.39 Å². The van der Waals surface area contributed by atoms with Crippen LogP contribution in [0.5, 0.6) is 0 Å². The maximum absolute atomic E-state index is 14.2. The van der Waals surface area contributed by atoms with Crippen LogP contribution in [-0.2, 0) is 0 Å². The van der Waals surface area contributed by atoms with Crippen molar-refractivity contribution in [2.24, 2.45) is 5.92 Å². The molecule has 1 aromatic rings. The molecular formula is C15H20BrFN2. The van der Waals surface area contributed by atoms with Crippen molar-refractivity contribution in [1.29, 1.82) is 0 Å². The van der Waals surface area contributed by atoms with E-state index in [0.717, 1.165) is 36.2 Å². The van der Waals surface area contributed by atoms with Crippen LogP contribution in [-0.4, -0.2) is 31.1 Å². The summed E-state index contributed by atoms with van der Waals surface area (Å²) in [6.07, 6.45) is 3.77. The first-order valence-electron chi connectivity index (χ1n) is 7.15. The summed E-state index contributed by atoms with van der Waals surface area (Å²) in [5, 5.41) is 3.38. The highest BCUT2D eigenvalue weighted by atomic mass is 79.9. The monoisotopic (exact) mass is 326 g/mol. The van der Waals surface area contributed by atoms with E-state index in [2.05, 4.69) is 26.1 Å². The maximum Gasteiger partial charge on any atom is 0.128 e. The van der Waals surface area contributed by atoms with Gasteiger partial charge in [-0.1, -0.05) is 22.4 Å². The average molecular weight is 327 g/mol. The third-order valence-electron chi connectivity index (χ3n) is 4.42. The zero-order valence-corrected chi connectivity index (χ0v) is 12.6. The van der Waals surface area contributed by atoms with Gasteiger partial charge in [0.2, 0.25) is 0 Å². The van der Waals surface area contributed by atoms with Crippen molar-refractivity contribution in [3.05, 3.63) is 34.1 Å². The van der Waals surface area contributed by atoms with Gasteiger partial charge in [0, 0.05) is 42.3 Å². The first-order chi connectivity index (χ1) is 9.25. The molecule has 1 N–H and O–H groups in total. The van der Waals surface area contributed by atoms with Gasteiger partial charge in [-0.2, -0.15) is 0 Å². The van der Waals surface area contributed by atoms with Crippen LogP contribution in [0, 0.1) is 11.7 Å². The Morgan fingerprint density at radius 2 is 2.00 bits per heavy atom. The van der Waals surface area contributed by atoms with Gasteiger partial charge in [-0.05, 0) is 37.0 Å². The number of nitrogens with zero attached hydrogens (tertiary/aromatic N) is 1. The van der Waals surface area contributed by atoms with E-state index in [4.69, 9.17) is 0 Å². The van der Waals surface area contributed by atoms with Crippen molar-refractivity contribution in [1.82, 2.24) is 10.2 Å². The first-order valence-corrected chi connectivity index (χ1v) is 7.95. The van der Waals surface area contributed by atoms with E-state index in [1.807, 2.05) is 6.07 Å².